The van der Waals surface area contributed by atoms with E-state index >= 15 is 0 Å². The van der Waals surface area contributed by atoms with Crippen molar-refractivity contribution >= 4 is 29.2 Å². The minimum atomic E-state index is -0.354. The molecule has 1 aliphatic heterocycles. The van der Waals surface area contributed by atoms with Crippen LogP contribution in [0.4, 0.5) is 0 Å². The molecule has 0 N–H and O–H groups in total. The van der Waals surface area contributed by atoms with E-state index in [0.29, 0.717) is 16.6 Å². The van der Waals surface area contributed by atoms with Crippen LogP contribution in [0, 0.1) is 0 Å². The summed E-state index contributed by atoms with van der Waals surface area (Å²) in [4.78, 5) is 14.3. The summed E-state index contributed by atoms with van der Waals surface area (Å²) in [5.74, 6) is -0.607. The van der Waals surface area contributed by atoms with Gasteiger partial charge in [0.05, 0.1) is 13.0 Å². The molecule has 3 nitrogen and oxygen atoms in total. The van der Waals surface area contributed by atoms with Crippen molar-refractivity contribution in [3.63, 3.8) is 0 Å². The lowest BCUT2D eigenvalue weighted by atomic mass is 9.98. The van der Waals surface area contributed by atoms with Crippen LogP contribution in [-0.2, 0) is 9.53 Å². The molecule has 0 amide bonds. The number of likely N-dealkylation sites (tertiary alicyclic amines) is 1. The number of hydrogen-bond acceptors (Lipinski definition) is 3. The van der Waals surface area contributed by atoms with E-state index in [2.05, 4.69) is 4.90 Å². The number of benzene rings is 1. The number of halogens is 2. The van der Waals surface area contributed by atoms with E-state index in [0.717, 1.165) is 18.7 Å². The molecule has 104 valence electrons. The Morgan fingerprint density at radius 1 is 1.37 bits per heavy atom. The van der Waals surface area contributed by atoms with Gasteiger partial charge in [-0.1, -0.05) is 29.3 Å². The molecule has 0 bridgehead atoms. The molecule has 19 heavy (non-hydrogen) atoms. The van der Waals surface area contributed by atoms with Crippen molar-refractivity contribution in [3.05, 3.63) is 33.8 Å². The van der Waals surface area contributed by atoms with E-state index in [4.69, 9.17) is 27.9 Å². The van der Waals surface area contributed by atoms with Gasteiger partial charge in [0.15, 0.2) is 0 Å². The Morgan fingerprint density at radius 2 is 2.05 bits per heavy atom. The second kappa shape index (κ2) is 6.60. The van der Waals surface area contributed by atoms with Gasteiger partial charge in [-0.25, -0.2) is 0 Å². The van der Waals surface area contributed by atoms with Crippen molar-refractivity contribution in [2.75, 3.05) is 26.7 Å². The van der Waals surface area contributed by atoms with Crippen molar-refractivity contribution in [2.45, 2.75) is 18.8 Å². The molecule has 2 rings (SSSR count). The number of hydrogen-bond donors (Lipinski definition) is 0. The van der Waals surface area contributed by atoms with Crippen LogP contribution < -0.4 is 0 Å². The molecule has 0 aromatic heterocycles. The third-order valence-corrected chi connectivity index (χ3v) is 4.03. The van der Waals surface area contributed by atoms with Crippen molar-refractivity contribution < 1.29 is 9.53 Å². The molecular formula is C14H17Cl2NO2. The Kier molecular flexibility index (Phi) is 5.08. The third kappa shape index (κ3) is 3.62. The monoisotopic (exact) mass is 301 g/mol. The quantitative estimate of drug-likeness (QED) is 0.799. The minimum Gasteiger partial charge on any atom is -0.469 e. The number of carbonyl (C=O) groups is 1. The Labute approximate surface area is 123 Å². The molecule has 0 aliphatic carbocycles. The lowest BCUT2D eigenvalue weighted by Gasteiger charge is -2.22. The number of rotatable bonds is 4. The first-order valence-electron chi connectivity index (χ1n) is 6.37. The van der Waals surface area contributed by atoms with Gasteiger partial charge in [0.25, 0.3) is 0 Å². The standard InChI is InChI=1S/C14H17Cl2NO2/c1-19-14(18)12(9-17-6-2-3-7-17)11-5-4-10(15)8-13(11)16/h4-5,8,12H,2-3,6-7,9H2,1H3. The number of nitrogens with zero attached hydrogens (tertiary/aromatic N) is 1. The Hall–Kier alpha value is -0.770. The van der Waals surface area contributed by atoms with Crippen molar-refractivity contribution in [3.8, 4) is 0 Å². The second-order valence-electron chi connectivity index (χ2n) is 4.75. The lowest BCUT2D eigenvalue weighted by molar-refractivity contribution is -0.142. The molecule has 5 heteroatoms. The van der Waals surface area contributed by atoms with Crippen molar-refractivity contribution in [1.82, 2.24) is 4.90 Å². The molecule has 0 radical (unpaired) electrons. The number of carbonyl (C=O) groups excluding carboxylic acids is 1. The predicted molar refractivity (Wildman–Crippen MR) is 76.9 cm³/mol. The number of methoxy groups -OCH3 is 1. The largest absolute Gasteiger partial charge is 0.469 e. The summed E-state index contributed by atoms with van der Waals surface area (Å²) in [6.45, 7) is 2.70. The highest BCUT2D eigenvalue weighted by molar-refractivity contribution is 6.35. The third-order valence-electron chi connectivity index (χ3n) is 3.46. The smallest absolute Gasteiger partial charge is 0.314 e. The van der Waals surface area contributed by atoms with Crippen LogP contribution >= 0.6 is 23.2 Å². The van der Waals surface area contributed by atoms with Crippen LogP contribution in [0.5, 0.6) is 0 Å². The van der Waals surface area contributed by atoms with Gasteiger partial charge in [-0.3, -0.25) is 4.79 Å². The molecule has 1 unspecified atom stereocenters. The zero-order chi connectivity index (χ0) is 13.8. The highest BCUT2D eigenvalue weighted by Crippen LogP contribution is 2.29. The highest BCUT2D eigenvalue weighted by Gasteiger charge is 2.27. The molecule has 1 saturated heterocycles. The van der Waals surface area contributed by atoms with Crippen LogP contribution in [0.3, 0.4) is 0 Å². The molecule has 1 aromatic rings. The maximum atomic E-state index is 12.0. The summed E-state index contributed by atoms with van der Waals surface area (Å²) in [5, 5.41) is 1.08. The normalized spacial score (nSPS) is 17.4. The van der Waals surface area contributed by atoms with Gasteiger partial charge in [0.2, 0.25) is 0 Å². The van der Waals surface area contributed by atoms with Crippen LogP contribution in [0.2, 0.25) is 10.0 Å². The first-order valence-corrected chi connectivity index (χ1v) is 7.12. The van der Waals surface area contributed by atoms with Gasteiger partial charge in [-0.15, -0.1) is 0 Å². The first-order chi connectivity index (χ1) is 9.11. The fourth-order valence-electron chi connectivity index (χ4n) is 2.45. The lowest BCUT2D eigenvalue weighted by Crippen LogP contribution is -2.30. The van der Waals surface area contributed by atoms with E-state index < -0.39 is 0 Å². The van der Waals surface area contributed by atoms with E-state index in [9.17, 15) is 4.79 Å². The van der Waals surface area contributed by atoms with Gasteiger partial charge in [0.1, 0.15) is 0 Å². The molecule has 1 fully saturated rings. The second-order valence-corrected chi connectivity index (χ2v) is 5.59. The van der Waals surface area contributed by atoms with E-state index in [-0.39, 0.29) is 11.9 Å². The molecule has 0 saturated carbocycles. The van der Waals surface area contributed by atoms with Gasteiger partial charge >= 0.3 is 5.97 Å². The Morgan fingerprint density at radius 3 is 2.63 bits per heavy atom. The van der Waals surface area contributed by atoms with Gasteiger partial charge in [-0.2, -0.15) is 0 Å². The number of esters is 1. The summed E-state index contributed by atoms with van der Waals surface area (Å²) in [5.41, 5.74) is 0.782. The summed E-state index contributed by atoms with van der Waals surface area (Å²) in [6.07, 6.45) is 2.37. The molecule has 1 aliphatic rings. The first kappa shape index (κ1) is 14.6. The van der Waals surface area contributed by atoms with Crippen LogP contribution in [0.25, 0.3) is 0 Å². The van der Waals surface area contributed by atoms with Crippen molar-refractivity contribution in [1.29, 1.82) is 0 Å². The van der Waals surface area contributed by atoms with E-state index in [1.807, 2.05) is 6.07 Å². The fraction of sp³-hybridized carbons (Fsp3) is 0.500. The SMILES string of the molecule is COC(=O)C(CN1CCCC1)c1ccc(Cl)cc1Cl. The van der Waals surface area contributed by atoms with Gasteiger partial charge in [0, 0.05) is 16.6 Å². The van der Waals surface area contributed by atoms with E-state index in [1.165, 1.54) is 20.0 Å². The zero-order valence-electron chi connectivity index (χ0n) is 10.9. The minimum absolute atomic E-state index is 0.254. The summed E-state index contributed by atoms with van der Waals surface area (Å²) >= 11 is 12.1. The average Bonchev–Trinajstić information content (AvgIpc) is 2.89. The molecule has 1 atom stereocenters. The summed E-state index contributed by atoms with van der Waals surface area (Å²) in [6, 6.07) is 5.23. The molecule has 1 heterocycles. The van der Waals surface area contributed by atoms with Crippen molar-refractivity contribution in [2.24, 2.45) is 0 Å². The Balaban J connectivity index is 2.23. The van der Waals surface area contributed by atoms with Gasteiger partial charge < -0.3 is 9.64 Å². The molecule has 0 spiro atoms. The highest BCUT2D eigenvalue weighted by atomic mass is 35.5. The fourth-order valence-corrected chi connectivity index (χ4v) is 2.99. The number of ether oxygens (including phenoxy) is 1. The summed E-state index contributed by atoms with van der Waals surface area (Å²) < 4.78 is 4.91. The maximum absolute atomic E-state index is 12.0. The summed E-state index contributed by atoms with van der Waals surface area (Å²) in [7, 11) is 1.41. The van der Waals surface area contributed by atoms with Crippen LogP contribution in [0.15, 0.2) is 18.2 Å². The Bertz CT molecular complexity index is 459. The molecular weight excluding hydrogens is 285 g/mol. The molecule has 1 aromatic carbocycles. The van der Waals surface area contributed by atoms with Crippen LogP contribution in [0.1, 0.15) is 24.3 Å². The topological polar surface area (TPSA) is 29.5 Å². The maximum Gasteiger partial charge on any atom is 0.314 e. The van der Waals surface area contributed by atoms with E-state index in [1.54, 1.807) is 12.1 Å². The zero-order valence-corrected chi connectivity index (χ0v) is 12.4. The predicted octanol–water partition coefficient (Wildman–Crippen LogP) is 3.35. The van der Waals surface area contributed by atoms with Crippen LogP contribution in [-0.4, -0.2) is 37.6 Å². The van der Waals surface area contributed by atoms with Gasteiger partial charge in [-0.05, 0) is 43.6 Å². The average molecular weight is 302 g/mol.